The molecule has 2 nitrogen and oxygen atoms in total. The highest BCUT2D eigenvalue weighted by atomic mass is 19.1. The van der Waals surface area contributed by atoms with Crippen molar-refractivity contribution in [1.29, 1.82) is 0 Å². The molecular weight excluding hydrogens is 205 g/mol. The Morgan fingerprint density at radius 3 is 2.56 bits per heavy atom. The fourth-order valence-corrected chi connectivity index (χ4v) is 3.12. The van der Waals surface area contributed by atoms with Crippen LogP contribution in [0.1, 0.15) is 36.0 Å². The van der Waals surface area contributed by atoms with Gasteiger partial charge in [0.25, 0.3) is 0 Å². The fraction of sp³-hybridized carbons (Fsp3) is 0.538. The molecule has 0 aromatic carbocycles. The van der Waals surface area contributed by atoms with Crippen LogP contribution in [0.15, 0.2) is 18.5 Å². The third-order valence-electron chi connectivity index (χ3n) is 3.95. The maximum atomic E-state index is 13.0. The number of halogens is 1. The van der Waals surface area contributed by atoms with Gasteiger partial charge in [0.1, 0.15) is 5.82 Å². The van der Waals surface area contributed by atoms with Gasteiger partial charge < -0.3 is 0 Å². The van der Waals surface area contributed by atoms with E-state index in [-0.39, 0.29) is 11.7 Å². The van der Waals surface area contributed by atoms with Crippen molar-refractivity contribution in [3.05, 3.63) is 29.8 Å². The zero-order chi connectivity index (χ0) is 11.1. The zero-order valence-corrected chi connectivity index (χ0v) is 9.03. The number of hydrogen-bond acceptors (Lipinski definition) is 2. The monoisotopic (exact) mass is 219 g/mol. The molecule has 3 rings (SSSR count). The van der Waals surface area contributed by atoms with Gasteiger partial charge in [0.15, 0.2) is 5.78 Å². The Kier molecular flexibility index (Phi) is 2.27. The van der Waals surface area contributed by atoms with Gasteiger partial charge in [0.05, 0.1) is 6.20 Å². The minimum Gasteiger partial charge on any atom is -0.294 e. The summed E-state index contributed by atoms with van der Waals surface area (Å²) in [6, 6.07) is 1.31. The lowest BCUT2D eigenvalue weighted by Gasteiger charge is -2.04. The fourth-order valence-electron chi connectivity index (χ4n) is 3.12. The number of fused-ring (bicyclic) bond motifs is 1. The molecule has 0 saturated heterocycles. The van der Waals surface area contributed by atoms with Crippen molar-refractivity contribution in [2.45, 2.75) is 25.7 Å². The Morgan fingerprint density at radius 1 is 1.25 bits per heavy atom. The number of ketones is 1. The van der Waals surface area contributed by atoms with Crippen LogP contribution in [0.4, 0.5) is 4.39 Å². The molecule has 2 aliphatic rings. The Morgan fingerprint density at radius 2 is 1.94 bits per heavy atom. The minimum absolute atomic E-state index is 0.101. The molecule has 2 saturated carbocycles. The van der Waals surface area contributed by atoms with E-state index in [1.807, 2.05) is 0 Å². The normalized spacial score (nSPS) is 31.9. The topological polar surface area (TPSA) is 30.0 Å². The summed E-state index contributed by atoms with van der Waals surface area (Å²) in [6.45, 7) is 0. The largest absolute Gasteiger partial charge is 0.294 e. The molecular formula is C13H14FNO. The molecule has 16 heavy (non-hydrogen) atoms. The molecule has 2 aliphatic carbocycles. The number of carbonyl (C=O) groups is 1. The first-order chi connectivity index (χ1) is 7.77. The molecule has 0 bridgehead atoms. The van der Waals surface area contributed by atoms with E-state index in [1.54, 1.807) is 0 Å². The van der Waals surface area contributed by atoms with Gasteiger partial charge in [-0.2, -0.15) is 0 Å². The summed E-state index contributed by atoms with van der Waals surface area (Å²) in [4.78, 5) is 15.9. The van der Waals surface area contributed by atoms with E-state index < -0.39 is 5.82 Å². The molecule has 1 aromatic heterocycles. The van der Waals surface area contributed by atoms with Crippen molar-refractivity contribution in [3.8, 4) is 0 Å². The van der Waals surface area contributed by atoms with Gasteiger partial charge in [-0.15, -0.1) is 0 Å². The summed E-state index contributed by atoms with van der Waals surface area (Å²) in [6.07, 6.45) is 7.44. The van der Waals surface area contributed by atoms with E-state index in [2.05, 4.69) is 4.98 Å². The van der Waals surface area contributed by atoms with Gasteiger partial charge in [-0.05, 0) is 30.7 Å². The predicted octanol–water partition coefficient (Wildman–Crippen LogP) is 2.84. The maximum absolute atomic E-state index is 13.0. The summed E-state index contributed by atoms with van der Waals surface area (Å²) < 4.78 is 13.0. The number of nitrogens with zero attached hydrogens (tertiary/aromatic N) is 1. The van der Waals surface area contributed by atoms with Crippen LogP contribution in [-0.2, 0) is 0 Å². The molecule has 1 aromatic rings. The number of carbonyl (C=O) groups excluding carboxylic acids is 1. The standard InChI is InChI=1S/C13H14FNO/c14-9-5-8(6-15-7-9)13(16)12-10-3-1-2-4-11(10)12/h5-7,10-12H,1-4H2. The molecule has 1 heterocycles. The Hall–Kier alpha value is -1.25. The highest BCUT2D eigenvalue weighted by Crippen LogP contribution is 2.56. The van der Waals surface area contributed by atoms with Crippen LogP contribution in [0.5, 0.6) is 0 Å². The van der Waals surface area contributed by atoms with Gasteiger partial charge in [-0.25, -0.2) is 4.39 Å². The SMILES string of the molecule is O=C(c1cncc(F)c1)C1C2CCCCC21. The average molecular weight is 219 g/mol. The second-order valence-corrected chi connectivity index (χ2v) is 4.89. The van der Waals surface area contributed by atoms with Gasteiger partial charge in [0, 0.05) is 17.7 Å². The molecule has 0 amide bonds. The molecule has 3 heteroatoms. The van der Waals surface area contributed by atoms with E-state index in [4.69, 9.17) is 0 Å². The summed E-state index contributed by atoms with van der Waals surface area (Å²) in [7, 11) is 0. The van der Waals surface area contributed by atoms with Gasteiger partial charge >= 0.3 is 0 Å². The molecule has 0 spiro atoms. The van der Waals surface area contributed by atoms with Crippen molar-refractivity contribution in [3.63, 3.8) is 0 Å². The number of rotatable bonds is 2. The Balaban J connectivity index is 1.79. The first-order valence-corrected chi connectivity index (χ1v) is 5.92. The highest BCUT2D eigenvalue weighted by Gasteiger charge is 2.54. The molecule has 0 aliphatic heterocycles. The van der Waals surface area contributed by atoms with Crippen molar-refractivity contribution < 1.29 is 9.18 Å². The zero-order valence-electron chi connectivity index (χ0n) is 9.03. The lowest BCUT2D eigenvalue weighted by molar-refractivity contribution is 0.0955. The van der Waals surface area contributed by atoms with E-state index in [0.29, 0.717) is 17.4 Å². The first kappa shape index (κ1) is 9.94. The number of Topliss-reactive ketones (excluding diaryl/α,β-unsaturated/α-hetero) is 1. The minimum atomic E-state index is -0.422. The van der Waals surface area contributed by atoms with Crippen molar-refractivity contribution in [1.82, 2.24) is 4.98 Å². The second kappa shape index (κ2) is 3.65. The van der Waals surface area contributed by atoms with E-state index in [0.717, 1.165) is 6.20 Å². The lowest BCUT2D eigenvalue weighted by Crippen LogP contribution is -2.05. The summed E-state index contributed by atoms with van der Waals surface area (Å²) in [5.74, 6) is 0.985. The highest BCUT2D eigenvalue weighted by molar-refractivity contribution is 5.99. The summed E-state index contributed by atoms with van der Waals surface area (Å²) >= 11 is 0. The van der Waals surface area contributed by atoms with Crippen LogP contribution in [0.2, 0.25) is 0 Å². The van der Waals surface area contributed by atoms with Crippen molar-refractivity contribution in [2.24, 2.45) is 17.8 Å². The molecule has 0 radical (unpaired) electrons. The number of hydrogen-bond donors (Lipinski definition) is 0. The smallest absolute Gasteiger partial charge is 0.168 e. The molecule has 84 valence electrons. The molecule has 0 N–H and O–H groups in total. The van der Waals surface area contributed by atoms with Crippen molar-refractivity contribution in [2.75, 3.05) is 0 Å². The predicted molar refractivity (Wildman–Crippen MR) is 57.5 cm³/mol. The van der Waals surface area contributed by atoms with Crippen LogP contribution >= 0.6 is 0 Å². The summed E-state index contributed by atoms with van der Waals surface area (Å²) in [5.41, 5.74) is 0.444. The van der Waals surface area contributed by atoms with E-state index in [9.17, 15) is 9.18 Å². The van der Waals surface area contributed by atoms with E-state index in [1.165, 1.54) is 37.9 Å². The lowest BCUT2D eigenvalue weighted by atomic mass is 10.0. The third kappa shape index (κ3) is 1.55. The average Bonchev–Trinajstić information content (AvgIpc) is 3.02. The van der Waals surface area contributed by atoms with Crippen LogP contribution in [0.3, 0.4) is 0 Å². The molecule has 2 atom stereocenters. The number of pyridine rings is 1. The molecule has 2 unspecified atom stereocenters. The van der Waals surface area contributed by atoms with Gasteiger partial charge in [-0.1, -0.05) is 12.8 Å². The first-order valence-electron chi connectivity index (χ1n) is 5.92. The van der Waals surface area contributed by atoms with Crippen LogP contribution in [0, 0.1) is 23.6 Å². The van der Waals surface area contributed by atoms with Crippen LogP contribution in [0.25, 0.3) is 0 Å². The molecule has 2 fully saturated rings. The Bertz CT molecular complexity index is 420. The third-order valence-corrected chi connectivity index (χ3v) is 3.95. The maximum Gasteiger partial charge on any atom is 0.168 e. The van der Waals surface area contributed by atoms with Gasteiger partial charge in [-0.3, -0.25) is 9.78 Å². The summed E-state index contributed by atoms with van der Waals surface area (Å²) in [5, 5.41) is 0. The van der Waals surface area contributed by atoms with Crippen LogP contribution < -0.4 is 0 Å². The quantitative estimate of drug-likeness (QED) is 0.716. The van der Waals surface area contributed by atoms with Crippen molar-refractivity contribution >= 4 is 5.78 Å². The number of aromatic nitrogens is 1. The second-order valence-electron chi connectivity index (χ2n) is 4.89. The van der Waals surface area contributed by atoms with Crippen LogP contribution in [-0.4, -0.2) is 10.8 Å². The Labute approximate surface area is 93.9 Å². The van der Waals surface area contributed by atoms with Gasteiger partial charge in [0.2, 0.25) is 0 Å². The van der Waals surface area contributed by atoms with E-state index >= 15 is 0 Å².